The van der Waals surface area contributed by atoms with Gasteiger partial charge in [-0.25, -0.2) is 15.0 Å². The number of nitrogens with one attached hydrogen (secondary N) is 1. The third-order valence-electron chi connectivity index (χ3n) is 6.38. The van der Waals surface area contributed by atoms with Gasteiger partial charge in [0.1, 0.15) is 10.9 Å². The van der Waals surface area contributed by atoms with E-state index in [4.69, 9.17) is 21.3 Å². The fourth-order valence-electron chi connectivity index (χ4n) is 4.54. The monoisotopic (exact) mass is 560 g/mol. The Balaban J connectivity index is 1.36. The summed E-state index contributed by atoms with van der Waals surface area (Å²) >= 11 is 7.33. The van der Waals surface area contributed by atoms with Gasteiger partial charge in [0.15, 0.2) is 15.6 Å². The molecule has 1 aliphatic rings. The molecule has 0 aliphatic heterocycles. The lowest BCUT2D eigenvalue weighted by Crippen LogP contribution is -2.23. The number of hydrogen-bond acceptors (Lipinski definition) is 9. The zero-order valence-corrected chi connectivity index (χ0v) is 22.0. The molecule has 198 valence electrons. The van der Waals surface area contributed by atoms with E-state index >= 15 is 0 Å². The summed E-state index contributed by atoms with van der Waals surface area (Å²) in [6.07, 6.45) is 6.67. The van der Waals surface area contributed by atoms with Gasteiger partial charge in [-0.05, 0) is 44.7 Å². The zero-order valence-electron chi connectivity index (χ0n) is 20.5. The van der Waals surface area contributed by atoms with Gasteiger partial charge in [-0.1, -0.05) is 22.9 Å². The van der Waals surface area contributed by atoms with E-state index in [2.05, 4.69) is 30.0 Å². The van der Waals surface area contributed by atoms with Crippen molar-refractivity contribution in [2.24, 2.45) is 0 Å². The third-order valence-corrected chi connectivity index (χ3v) is 7.44. The van der Waals surface area contributed by atoms with E-state index in [1.807, 2.05) is 6.92 Å². The van der Waals surface area contributed by atoms with E-state index in [9.17, 15) is 13.6 Å². The van der Waals surface area contributed by atoms with Crippen LogP contribution in [-0.4, -0.2) is 50.7 Å². The molecule has 4 heterocycles. The highest BCUT2D eigenvalue weighted by Gasteiger charge is 2.27. The van der Waals surface area contributed by atoms with Gasteiger partial charge in [0.05, 0.1) is 36.9 Å². The summed E-state index contributed by atoms with van der Waals surface area (Å²) in [6.45, 7) is -0.934. The van der Waals surface area contributed by atoms with Gasteiger partial charge >= 0.3 is 6.61 Å². The Kier molecular flexibility index (Phi) is 7.73. The summed E-state index contributed by atoms with van der Waals surface area (Å²) in [4.78, 5) is 35.8. The molecular weight excluding hydrogens is 538 g/mol. The molecule has 9 nitrogen and oxygen atoms in total. The smallest absolute Gasteiger partial charge is 0.345 e. The average molecular weight is 561 g/mol. The number of fused-ring (bicyclic) bond motifs is 1. The van der Waals surface area contributed by atoms with E-state index in [1.165, 1.54) is 30.8 Å². The predicted octanol–water partition coefficient (Wildman–Crippen LogP) is 6.03. The van der Waals surface area contributed by atoms with Crippen molar-refractivity contribution in [1.82, 2.24) is 24.9 Å². The molecule has 1 amide bonds. The highest BCUT2D eigenvalue weighted by molar-refractivity contribution is 7.21. The fraction of sp³-hybridized carbons (Fsp3) is 0.360. The minimum Gasteiger partial charge on any atom is -0.494 e. The van der Waals surface area contributed by atoms with Gasteiger partial charge in [0, 0.05) is 28.9 Å². The number of rotatable bonds is 7. The van der Waals surface area contributed by atoms with Gasteiger partial charge in [-0.2, -0.15) is 13.8 Å². The van der Waals surface area contributed by atoms with Crippen LogP contribution in [0.25, 0.3) is 21.6 Å². The molecule has 1 saturated carbocycles. The second-order valence-corrected chi connectivity index (χ2v) is 10.2. The first-order valence-corrected chi connectivity index (χ1v) is 13.0. The van der Waals surface area contributed by atoms with Gasteiger partial charge in [0.25, 0.3) is 5.91 Å². The second kappa shape index (κ2) is 11.2. The van der Waals surface area contributed by atoms with Crippen molar-refractivity contribution in [2.45, 2.75) is 51.2 Å². The third kappa shape index (κ3) is 5.71. The number of amides is 1. The highest BCUT2D eigenvalue weighted by atomic mass is 35.5. The predicted molar refractivity (Wildman–Crippen MR) is 139 cm³/mol. The Morgan fingerprint density at radius 2 is 1.87 bits per heavy atom. The number of pyridine rings is 2. The van der Waals surface area contributed by atoms with Crippen molar-refractivity contribution < 1.29 is 23.0 Å². The lowest BCUT2D eigenvalue weighted by Gasteiger charge is -2.27. The molecular formula is C25H23ClF2N6O3S. The van der Waals surface area contributed by atoms with Crippen LogP contribution in [0.4, 0.5) is 13.9 Å². The van der Waals surface area contributed by atoms with Gasteiger partial charge in [-0.15, -0.1) is 0 Å². The topological polar surface area (TPSA) is 112 Å². The number of thiazole rings is 1. The molecule has 4 aromatic rings. The van der Waals surface area contributed by atoms with Crippen LogP contribution in [0.2, 0.25) is 5.15 Å². The first-order chi connectivity index (χ1) is 18.3. The van der Waals surface area contributed by atoms with Crippen molar-refractivity contribution in [3.05, 3.63) is 52.8 Å². The number of halogens is 3. The molecule has 0 bridgehead atoms. The molecule has 4 aromatic heterocycles. The summed E-state index contributed by atoms with van der Waals surface area (Å²) in [7, 11) is 1.51. The van der Waals surface area contributed by atoms with Crippen LogP contribution >= 0.6 is 22.9 Å². The van der Waals surface area contributed by atoms with E-state index in [1.54, 1.807) is 18.3 Å². The standard InChI is InChI=1S/C25H23ClF2N6O3S/c1-12-7-15(16-8-20(26)30-11-19(16)36-2)17(9-29-12)22(35)34-25-33-21-23(38-25)32-18(10-31-21)13-3-5-14(6-4-13)37-24(27)28/h7-11,13-14,24H,3-6H2,1-2H3,(H,31,33,34,35). The summed E-state index contributed by atoms with van der Waals surface area (Å²) < 4.78 is 35.1. The lowest BCUT2D eigenvalue weighted by molar-refractivity contribution is -0.170. The van der Waals surface area contributed by atoms with E-state index < -0.39 is 18.6 Å². The minimum absolute atomic E-state index is 0.105. The summed E-state index contributed by atoms with van der Waals surface area (Å²) in [5.41, 5.74) is 3.40. The second-order valence-electron chi connectivity index (χ2n) is 8.85. The summed E-state index contributed by atoms with van der Waals surface area (Å²) in [5, 5.41) is 3.42. The van der Waals surface area contributed by atoms with Crippen molar-refractivity contribution in [2.75, 3.05) is 12.4 Å². The molecule has 38 heavy (non-hydrogen) atoms. The van der Waals surface area contributed by atoms with Gasteiger partial charge < -0.3 is 9.47 Å². The molecule has 0 unspecified atom stereocenters. The first kappa shape index (κ1) is 26.3. The quantitative estimate of drug-likeness (QED) is 0.273. The molecule has 0 atom stereocenters. The SMILES string of the molecule is COc1cnc(Cl)cc1-c1cc(C)ncc1C(=O)Nc1nc2ncc(C3CCC(OC(F)F)CC3)nc2s1. The molecule has 0 aromatic carbocycles. The van der Waals surface area contributed by atoms with Crippen LogP contribution in [0.3, 0.4) is 0 Å². The zero-order chi connectivity index (χ0) is 26.8. The maximum absolute atomic E-state index is 13.3. The van der Waals surface area contributed by atoms with Crippen LogP contribution in [0.15, 0.2) is 30.7 Å². The Morgan fingerprint density at radius 1 is 1.08 bits per heavy atom. The number of methoxy groups -OCH3 is 1. The maximum Gasteiger partial charge on any atom is 0.345 e. The van der Waals surface area contributed by atoms with Crippen molar-refractivity contribution in [3.8, 4) is 16.9 Å². The number of hydrogen-bond donors (Lipinski definition) is 1. The van der Waals surface area contributed by atoms with Crippen LogP contribution in [-0.2, 0) is 4.74 Å². The fourth-order valence-corrected chi connectivity index (χ4v) is 5.50. The van der Waals surface area contributed by atoms with Crippen LogP contribution in [0.1, 0.15) is 53.3 Å². The number of carbonyl (C=O) groups is 1. The summed E-state index contributed by atoms with van der Waals surface area (Å²) in [6, 6.07) is 3.41. The molecule has 0 saturated heterocycles. The number of ether oxygens (including phenoxy) is 2. The average Bonchev–Trinajstić information content (AvgIpc) is 3.30. The largest absolute Gasteiger partial charge is 0.494 e. The van der Waals surface area contributed by atoms with Gasteiger partial charge in [-0.3, -0.25) is 15.1 Å². The Labute approximate surface area is 225 Å². The molecule has 0 spiro atoms. The Hall–Kier alpha value is -3.35. The number of aryl methyl sites for hydroxylation is 1. The maximum atomic E-state index is 13.3. The van der Waals surface area contributed by atoms with E-state index in [-0.39, 0.29) is 11.1 Å². The first-order valence-electron chi connectivity index (χ1n) is 11.9. The Morgan fingerprint density at radius 3 is 2.61 bits per heavy atom. The van der Waals surface area contributed by atoms with E-state index in [0.717, 1.165) is 5.69 Å². The number of nitrogens with zero attached hydrogens (tertiary/aromatic N) is 5. The molecule has 5 rings (SSSR count). The van der Waals surface area contributed by atoms with Crippen LogP contribution < -0.4 is 10.1 Å². The van der Waals surface area contributed by atoms with Crippen LogP contribution in [0.5, 0.6) is 5.75 Å². The lowest BCUT2D eigenvalue weighted by atomic mass is 9.85. The molecule has 1 fully saturated rings. The number of carbonyl (C=O) groups excluding carboxylic acids is 1. The molecule has 1 N–H and O–H groups in total. The number of aromatic nitrogens is 5. The normalized spacial score (nSPS) is 17.6. The number of alkyl halides is 2. The van der Waals surface area contributed by atoms with Crippen LogP contribution in [0, 0.1) is 6.92 Å². The summed E-state index contributed by atoms with van der Waals surface area (Å²) in [5.74, 6) is 0.150. The van der Waals surface area contributed by atoms with Crippen molar-refractivity contribution in [1.29, 1.82) is 0 Å². The highest BCUT2D eigenvalue weighted by Crippen LogP contribution is 2.36. The molecule has 13 heteroatoms. The number of anilines is 1. The van der Waals surface area contributed by atoms with E-state index in [0.29, 0.717) is 69.4 Å². The molecule has 1 aliphatic carbocycles. The minimum atomic E-state index is -2.75. The van der Waals surface area contributed by atoms with Gasteiger partial charge in [0.2, 0.25) is 0 Å². The van der Waals surface area contributed by atoms with Crippen molar-refractivity contribution >= 4 is 44.5 Å². The van der Waals surface area contributed by atoms with Crippen molar-refractivity contribution in [3.63, 3.8) is 0 Å². The Bertz CT molecular complexity index is 1480. The molecule has 0 radical (unpaired) electrons.